The second-order valence-corrected chi connectivity index (χ2v) is 7.76. The average Bonchev–Trinajstić information content (AvgIpc) is 3.38. The van der Waals surface area contributed by atoms with Crippen molar-refractivity contribution in [2.75, 3.05) is 36.8 Å². The zero-order chi connectivity index (χ0) is 20.9. The molecular weight excluding hydrogens is 402 g/mol. The molecule has 1 aliphatic rings. The van der Waals surface area contributed by atoms with Crippen LogP contribution < -0.4 is 4.90 Å². The van der Waals surface area contributed by atoms with Crippen LogP contribution in [0.15, 0.2) is 53.1 Å². The highest BCUT2D eigenvalue weighted by atomic mass is 32.2. The normalized spacial score (nSPS) is 14.2. The van der Waals surface area contributed by atoms with Crippen molar-refractivity contribution in [2.24, 2.45) is 0 Å². The molecule has 9 nitrogen and oxygen atoms in total. The zero-order valence-electron chi connectivity index (χ0n) is 16.8. The number of piperazine rings is 1. The van der Waals surface area contributed by atoms with Crippen LogP contribution in [0.25, 0.3) is 11.4 Å². The summed E-state index contributed by atoms with van der Waals surface area (Å²) < 4.78 is 7.35. The Hall–Kier alpha value is -3.14. The van der Waals surface area contributed by atoms with Gasteiger partial charge in [-0.2, -0.15) is 0 Å². The third kappa shape index (κ3) is 4.23. The van der Waals surface area contributed by atoms with Crippen molar-refractivity contribution < 1.29 is 9.21 Å². The van der Waals surface area contributed by atoms with Gasteiger partial charge >= 0.3 is 0 Å². The van der Waals surface area contributed by atoms with E-state index in [0.29, 0.717) is 36.4 Å². The number of carbonyl (C=O) groups is 1. The highest BCUT2D eigenvalue weighted by molar-refractivity contribution is 7.99. The number of thioether (sulfide) groups is 1. The predicted molar refractivity (Wildman–Crippen MR) is 114 cm³/mol. The maximum Gasteiger partial charge on any atom is 0.233 e. The van der Waals surface area contributed by atoms with Gasteiger partial charge in [0.25, 0.3) is 0 Å². The van der Waals surface area contributed by atoms with Gasteiger partial charge in [-0.25, -0.2) is 4.98 Å². The Morgan fingerprint density at radius 3 is 2.77 bits per heavy atom. The molecular formula is C20H23N7O2S. The lowest BCUT2D eigenvalue weighted by Gasteiger charge is -2.35. The predicted octanol–water partition coefficient (Wildman–Crippen LogP) is 2.26. The van der Waals surface area contributed by atoms with E-state index in [4.69, 9.17) is 4.42 Å². The largest absolute Gasteiger partial charge is 0.469 e. The molecule has 0 aromatic carbocycles. The van der Waals surface area contributed by atoms with E-state index in [0.717, 1.165) is 30.2 Å². The molecule has 0 spiro atoms. The van der Waals surface area contributed by atoms with E-state index in [1.807, 2.05) is 22.5 Å². The summed E-state index contributed by atoms with van der Waals surface area (Å²) in [7, 11) is 0. The minimum Gasteiger partial charge on any atom is -0.469 e. The maximum absolute atomic E-state index is 12.7. The first-order valence-corrected chi connectivity index (χ1v) is 10.7. The fraction of sp³-hybridized carbons (Fsp3) is 0.350. The highest BCUT2D eigenvalue weighted by Gasteiger charge is 2.23. The van der Waals surface area contributed by atoms with Gasteiger partial charge in [-0.1, -0.05) is 17.8 Å². The van der Waals surface area contributed by atoms with Gasteiger partial charge in [0.15, 0.2) is 11.0 Å². The topological polar surface area (TPSA) is 93.2 Å². The lowest BCUT2D eigenvalue weighted by Crippen LogP contribution is -2.49. The van der Waals surface area contributed by atoms with E-state index in [1.165, 1.54) is 11.8 Å². The van der Waals surface area contributed by atoms with Crippen molar-refractivity contribution in [3.63, 3.8) is 0 Å². The molecule has 0 aliphatic carbocycles. The Morgan fingerprint density at radius 2 is 2.10 bits per heavy atom. The number of rotatable bonds is 7. The van der Waals surface area contributed by atoms with Crippen molar-refractivity contribution >= 4 is 23.5 Å². The first-order valence-electron chi connectivity index (χ1n) is 9.67. The molecule has 30 heavy (non-hydrogen) atoms. The highest BCUT2D eigenvalue weighted by Crippen LogP contribution is 2.27. The number of aromatic nitrogens is 5. The smallest absolute Gasteiger partial charge is 0.233 e. The lowest BCUT2D eigenvalue weighted by molar-refractivity contribution is -0.128. The first-order chi connectivity index (χ1) is 14.7. The number of amides is 1. The molecule has 4 rings (SSSR count). The van der Waals surface area contributed by atoms with Crippen LogP contribution in [-0.2, 0) is 11.3 Å². The van der Waals surface area contributed by atoms with Crippen molar-refractivity contribution in [1.82, 2.24) is 29.6 Å². The standard InChI is InChI=1S/C20H23N7O2S/c1-3-7-27-19(16-4-12-29-15(16)2)23-24-20(27)30-14-18(28)26-10-8-25(9-11-26)17-13-21-5-6-22-17/h3-6,12-13H,1,7-11,14H2,2H3. The van der Waals surface area contributed by atoms with E-state index in [1.54, 1.807) is 30.9 Å². The quantitative estimate of drug-likeness (QED) is 0.420. The number of anilines is 1. The summed E-state index contributed by atoms with van der Waals surface area (Å²) in [6.07, 6.45) is 8.51. The molecule has 10 heteroatoms. The van der Waals surface area contributed by atoms with E-state index in [9.17, 15) is 4.79 Å². The summed E-state index contributed by atoms with van der Waals surface area (Å²) in [4.78, 5) is 25.2. The van der Waals surface area contributed by atoms with E-state index < -0.39 is 0 Å². The summed E-state index contributed by atoms with van der Waals surface area (Å²) in [5, 5.41) is 9.30. The van der Waals surface area contributed by atoms with Gasteiger partial charge < -0.3 is 14.2 Å². The molecule has 0 unspecified atom stereocenters. The van der Waals surface area contributed by atoms with E-state index >= 15 is 0 Å². The van der Waals surface area contributed by atoms with Crippen LogP contribution in [0.5, 0.6) is 0 Å². The summed E-state index contributed by atoms with van der Waals surface area (Å²) in [6.45, 7) is 9.07. The molecule has 3 aromatic rings. The molecule has 1 fully saturated rings. The fourth-order valence-corrected chi connectivity index (χ4v) is 4.21. The molecule has 0 atom stereocenters. The number of nitrogens with zero attached hydrogens (tertiary/aromatic N) is 7. The Bertz CT molecular complexity index is 1010. The summed E-state index contributed by atoms with van der Waals surface area (Å²) >= 11 is 1.39. The Balaban J connectivity index is 1.37. The molecule has 1 amide bonds. The maximum atomic E-state index is 12.7. The monoisotopic (exact) mass is 425 g/mol. The molecule has 0 saturated carbocycles. The molecule has 156 valence electrons. The Morgan fingerprint density at radius 1 is 1.27 bits per heavy atom. The number of carbonyl (C=O) groups excluding carboxylic acids is 1. The number of hydrogen-bond donors (Lipinski definition) is 0. The van der Waals surface area contributed by atoms with Gasteiger partial charge in [0, 0.05) is 45.1 Å². The average molecular weight is 426 g/mol. The van der Waals surface area contributed by atoms with Gasteiger partial charge in [0.2, 0.25) is 5.91 Å². The van der Waals surface area contributed by atoms with Crippen molar-refractivity contribution in [3.8, 4) is 11.4 Å². The number of allylic oxidation sites excluding steroid dienone is 1. The number of hydrogen-bond acceptors (Lipinski definition) is 8. The molecule has 3 aromatic heterocycles. The Kier molecular flexibility index (Phi) is 6.12. The van der Waals surface area contributed by atoms with Crippen molar-refractivity contribution in [1.29, 1.82) is 0 Å². The van der Waals surface area contributed by atoms with Crippen LogP contribution in [0.2, 0.25) is 0 Å². The zero-order valence-corrected chi connectivity index (χ0v) is 17.6. The van der Waals surface area contributed by atoms with Gasteiger partial charge in [-0.05, 0) is 13.0 Å². The first kappa shape index (κ1) is 20.1. The molecule has 1 aliphatic heterocycles. The molecule has 0 N–H and O–H groups in total. The van der Waals surface area contributed by atoms with Gasteiger partial charge in [-0.15, -0.1) is 16.8 Å². The minimum absolute atomic E-state index is 0.0907. The SMILES string of the molecule is C=CCn1c(SCC(=O)N2CCN(c3cnccn3)CC2)nnc1-c1ccoc1C. The molecule has 1 saturated heterocycles. The van der Waals surface area contributed by atoms with Crippen LogP contribution in [0, 0.1) is 6.92 Å². The van der Waals surface area contributed by atoms with E-state index in [2.05, 4.69) is 31.6 Å². The summed E-state index contributed by atoms with van der Waals surface area (Å²) in [5.74, 6) is 2.74. The van der Waals surface area contributed by atoms with Gasteiger partial charge in [-0.3, -0.25) is 14.3 Å². The van der Waals surface area contributed by atoms with Crippen LogP contribution in [0.3, 0.4) is 0 Å². The van der Waals surface area contributed by atoms with Gasteiger partial charge in [0.1, 0.15) is 11.6 Å². The number of aryl methyl sites for hydroxylation is 1. The minimum atomic E-state index is 0.0907. The summed E-state index contributed by atoms with van der Waals surface area (Å²) in [5.41, 5.74) is 0.891. The van der Waals surface area contributed by atoms with E-state index in [-0.39, 0.29) is 5.91 Å². The Labute approximate surface area is 178 Å². The van der Waals surface area contributed by atoms with Gasteiger partial charge in [0.05, 0.1) is 23.8 Å². The fourth-order valence-electron chi connectivity index (χ4n) is 3.36. The van der Waals surface area contributed by atoms with Crippen LogP contribution in [0.4, 0.5) is 5.82 Å². The second kappa shape index (κ2) is 9.12. The molecule has 0 bridgehead atoms. The summed E-state index contributed by atoms with van der Waals surface area (Å²) in [6, 6.07) is 1.87. The van der Waals surface area contributed by atoms with Crippen LogP contribution in [0.1, 0.15) is 5.76 Å². The second-order valence-electron chi connectivity index (χ2n) is 6.82. The molecule has 0 radical (unpaired) electrons. The number of furan rings is 1. The van der Waals surface area contributed by atoms with Crippen molar-refractivity contribution in [2.45, 2.75) is 18.6 Å². The van der Waals surface area contributed by atoms with Crippen LogP contribution >= 0.6 is 11.8 Å². The third-order valence-electron chi connectivity index (χ3n) is 4.96. The van der Waals surface area contributed by atoms with Crippen LogP contribution in [-0.4, -0.2) is 67.5 Å². The third-order valence-corrected chi connectivity index (χ3v) is 5.91. The van der Waals surface area contributed by atoms with Crippen molar-refractivity contribution in [3.05, 3.63) is 49.3 Å². The molecule has 4 heterocycles. The lowest BCUT2D eigenvalue weighted by atomic mass is 10.2.